The summed E-state index contributed by atoms with van der Waals surface area (Å²) in [4.78, 5) is 14.3. The highest BCUT2D eigenvalue weighted by atomic mass is 32.1. The van der Waals surface area contributed by atoms with E-state index < -0.39 is 0 Å². The highest BCUT2D eigenvalue weighted by Crippen LogP contribution is 2.37. The molecule has 0 radical (unpaired) electrons. The van der Waals surface area contributed by atoms with Crippen LogP contribution in [0.25, 0.3) is 0 Å². The van der Waals surface area contributed by atoms with Gasteiger partial charge in [-0.25, -0.2) is 4.79 Å². The van der Waals surface area contributed by atoms with Gasteiger partial charge in [-0.15, -0.1) is 0 Å². The molecule has 1 aromatic rings. The molecular formula is C13H21N3O2S. The number of aromatic nitrogens is 1. The SMILES string of the molecule is CCOC(=O)c1c(N)nsc1N1CCCC1C(C)C. The van der Waals surface area contributed by atoms with E-state index in [2.05, 4.69) is 23.1 Å². The molecule has 6 heteroatoms. The fraction of sp³-hybridized carbons (Fsp3) is 0.692. The number of nitrogens with two attached hydrogens (primary N) is 1. The summed E-state index contributed by atoms with van der Waals surface area (Å²) in [7, 11) is 0. The van der Waals surface area contributed by atoms with Gasteiger partial charge in [-0.2, -0.15) is 4.37 Å². The van der Waals surface area contributed by atoms with E-state index in [0.717, 1.165) is 24.4 Å². The van der Waals surface area contributed by atoms with Crippen LogP contribution in [0.3, 0.4) is 0 Å². The van der Waals surface area contributed by atoms with Gasteiger partial charge < -0.3 is 15.4 Å². The van der Waals surface area contributed by atoms with Crippen LogP contribution in [0.1, 0.15) is 44.0 Å². The number of ether oxygens (including phenoxy) is 1. The third kappa shape index (κ3) is 2.68. The minimum atomic E-state index is -0.363. The number of nitrogens with zero attached hydrogens (tertiary/aromatic N) is 2. The predicted octanol–water partition coefficient (Wildman–Crippen LogP) is 2.53. The van der Waals surface area contributed by atoms with Gasteiger partial charge >= 0.3 is 5.97 Å². The first-order valence-corrected chi connectivity index (χ1v) is 7.52. The highest BCUT2D eigenvalue weighted by molar-refractivity contribution is 7.11. The van der Waals surface area contributed by atoms with Crippen LogP contribution >= 0.6 is 11.5 Å². The van der Waals surface area contributed by atoms with Crippen molar-refractivity contribution in [3.05, 3.63) is 5.56 Å². The lowest BCUT2D eigenvalue weighted by Gasteiger charge is -2.28. The fourth-order valence-corrected chi connectivity index (χ4v) is 3.51. The molecule has 1 aliphatic rings. The standard InChI is InChI=1S/C13H21N3O2S/c1-4-18-13(17)10-11(14)15-19-12(10)16-7-5-6-9(16)8(2)3/h8-9H,4-7H2,1-3H3,(H2,14,15). The van der Waals surface area contributed by atoms with E-state index in [-0.39, 0.29) is 11.8 Å². The van der Waals surface area contributed by atoms with Crippen molar-refractivity contribution in [3.8, 4) is 0 Å². The second-order valence-corrected chi connectivity index (χ2v) is 5.87. The van der Waals surface area contributed by atoms with Crippen LogP contribution in [-0.2, 0) is 4.74 Å². The van der Waals surface area contributed by atoms with Crippen LogP contribution in [-0.4, -0.2) is 29.5 Å². The number of carbonyl (C=O) groups excluding carboxylic acids is 1. The van der Waals surface area contributed by atoms with Gasteiger partial charge in [0.1, 0.15) is 10.6 Å². The van der Waals surface area contributed by atoms with Crippen LogP contribution in [0.15, 0.2) is 0 Å². The molecule has 0 bridgehead atoms. The number of hydrogen-bond donors (Lipinski definition) is 1. The van der Waals surface area contributed by atoms with Gasteiger partial charge in [-0.05, 0) is 37.2 Å². The molecule has 0 aromatic carbocycles. The fourth-order valence-electron chi connectivity index (χ4n) is 2.62. The van der Waals surface area contributed by atoms with Gasteiger partial charge in [0.15, 0.2) is 5.82 Å². The summed E-state index contributed by atoms with van der Waals surface area (Å²) in [6.45, 7) is 7.51. The number of anilines is 2. The van der Waals surface area contributed by atoms with Gasteiger partial charge in [0, 0.05) is 12.6 Å². The molecule has 0 saturated carbocycles. The smallest absolute Gasteiger partial charge is 0.345 e. The second-order valence-electron chi connectivity index (χ2n) is 5.12. The van der Waals surface area contributed by atoms with Crippen molar-refractivity contribution >= 4 is 28.3 Å². The summed E-state index contributed by atoms with van der Waals surface area (Å²) >= 11 is 1.30. The Hall–Kier alpha value is -1.30. The second kappa shape index (κ2) is 5.77. The lowest BCUT2D eigenvalue weighted by Crippen LogP contribution is -2.33. The Morgan fingerprint density at radius 3 is 3.00 bits per heavy atom. The molecule has 0 amide bonds. The molecule has 1 unspecified atom stereocenters. The first kappa shape index (κ1) is 14.1. The molecule has 1 atom stereocenters. The van der Waals surface area contributed by atoms with Crippen molar-refractivity contribution in [1.29, 1.82) is 0 Å². The van der Waals surface area contributed by atoms with Crippen LogP contribution in [0.4, 0.5) is 10.8 Å². The Kier molecular flexibility index (Phi) is 4.29. The third-order valence-electron chi connectivity index (χ3n) is 3.51. The first-order chi connectivity index (χ1) is 9.06. The summed E-state index contributed by atoms with van der Waals surface area (Å²) in [5.41, 5.74) is 6.28. The molecular weight excluding hydrogens is 262 g/mol. The molecule has 2 rings (SSSR count). The van der Waals surface area contributed by atoms with E-state index in [1.54, 1.807) is 6.92 Å². The summed E-state index contributed by atoms with van der Waals surface area (Å²) < 4.78 is 9.22. The van der Waals surface area contributed by atoms with E-state index in [4.69, 9.17) is 10.5 Å². The van der Waals surface area contributed by atoms with Gasteiger partial charge in [-0.1, -0.05) is 13.8 Å². The van der Waals surface area contributed by atoms with Crippen molar-refractivity contribution in [1.82, 2.24) is 4.37 Å². The Morgan fingerprint density at radius 1 is 1.63 bits per heavy atom. The molecule has 1 aliphatic heterocycles. The van der Waals surface area contributed by atoms with Gasteiger partial charge in [0.2, 0.25) is 0 Å². The lowest BCUT2D eigenvalue weighted by molar-refractivity contribution is 0.0528. The lowest BCUT2D eigenvalue weighted by atomic mass is 10.0. The van der Waals surface area contributed by atoms with Gasteiger partial charge in [0.05, 0.1) is 6.61 Å². The molecule has 1 fully saturated rings. The zero-order valence-electron chi connectivity index (χ0n) is 11.7. The monoisotopic (exact) mass is 283 g/mol. The Labute approximate surface area is 117 Å². The molecule has 5 nitrogen and oxygen atoms in total. The largest absolute Gasteiger partial charge is 0.462 e. The maximum Gasteiger partial charge on any atom is 0.345 e. The van der Waals surface area contributed by atoms with E-state index >= 15 is 0 Å². The number of carbonyl (C=O) groups is 1. The minimum Gasteiger partial charge on any atom is -0.462 e. The first-order valence-electron chi connectivity index (χ1n) is 6.75. The van der Waals surface area contributed by atoms with Gasteiger partial charge in [-0.3, -0.25) is 0 Å². The Morgan fingerprint density at radius 2 is 2.37 bits per heavy atom. The van der Waals surface area contributed by atoms with E-state index in [1.807, 2.05) is 0 Å². The average molecular weight is 283 g/mol. The summed E-state index contributed by atoms with van der Waals surface area (Å²) in [5.74, 6) is 0.465. The number of nitrogen functional groups attached to an aromatic ring is 1. The third-order valence-corrected chi connectivity index (χ3v) is 4.41. The maximum atomic E-state index is 12.0. The van der Waals surface area contributed by atoms with E-state index in [1.165, 1.54) is 11.5 Å². The topological polar surface area (TPSA) is 68.5 Å². The zero-order valence-corrected chi connectivity index (χ0v) is 12.5. The van der Waals surface area contributed by atoms with Crippen molar-refractivity contribution < 1.29 is 9.53 Å². The number of hydrogen-bond acceptors (Lipinski definition) is 6. The molecule has 0 aliphatic carbocycles. The van der Waals surface area contributed by atoms with Crippen molar-refractivity contribution in [3.63, 3.8) is 0 Å². The maximum absolute atomic E-state index is 12.0. The van der Waals surface area contributed by atoms with Crippen LogP contribution in [0.5, 0.6) is 0 Å². The molecule has 0 spiro atoms. The minimum absolute atomic E-state index is 0.285. The molecule has 1 saturated heterocycles. The molecule has 1 aromatic heterocycles. The molecule has 2 N–H and O–H groups in total. The quantitative estimate of drug-likeness (QED) is 0.860. The molecule has 2 heterocycles. The number of esters is 1. The summed E-state index contributed by atoms with van der Waals surface area (Å²) in [6, 6.07) is 0.452. The zero-order chi connectivity index (χ0) is 14.0. The number of rotatable bonds is 4. The average Bonchev–Trinajstić information content (AvgIpc) is 2.94. The Balaban J connectivity index is 2.32. The Bertz CT molecular complexity index is 459. The predicted molar refractivity (Wildman–Crippen MR) is 77.7 cm³/mol. The van der Waals surface area contributed by atoms with E-state index in [0.29, 0.717) is 24.1 Å². The van der Waals surface area contributed by atoms with Crippen molar-refractivity contribution in [2.75, 3.05) is 23.8 Å². The molecule has 106 valence electrons. The summed E-state index contributed by atoms with van der Waals surface area (Å²) in [5, 5.41) is 0.868. The van der Waals surface area contributed by atoms with Crippen LogP contribution in [0, 0.1) is 5.92 Å². The van der Waals surface area contributed by atoms with Crippen molar-refractivity contribution in [2.45, 2.75) is 39.7 Å². The van der Waals surface area contributed by atoms with Crippen LogP contribution in [0.2, 0.25) is 0 Å². The van der Waals surface area contributed by atoms with Crippen LogP contribution < -0.4 is 10.6 Å². The van der Waals surface area contributed by atoms with E-state index in [9.17, 15) is 4.79 Å². The van der Waals surface area contributed by atoms with Gasteiger partial charge in [0.25, 0.3) is 0 Å². The highest BCUT2D eigenvalue weighted by Gasteiger charge is 2.33. The summed E-state index contributed by atoms with van der Waals surface area (Å²) in [6.07, 6.45) is 2.29. The normalized spacial score (nSPS) is 19.2. The molecule has 19 heavy (non-hydrogen) atoms. The van der Waals surface area contributed by atoms with Crippen molar-refractivity contribution in [2.24, 2.45) is 5.92 Å².